The average Bonchev–Trinajstić information content (AvgIpc) is 2.13. The van der Waals surface area contributed by atoms with E-state index in [1.165, 1.54) is 6.07 Å². The van der Waals surface area contributed by atoms with E-state index in [2.05, 4.69) is 21.4 Å². The Balaban J connectivity index is 3.03. The molecule has 2 N–H and O–H groups in total. The first-order valence-corrected chi connectivity index (χ1v) is 4.83. The van der Waals surface area contributed by atoms with Gasteiger partial charge in [0.1, 0.15) is 5.82 Å². The van der Waals surface area contributed by atoms with Gasteiger partial charge in [-0.1, -0.05) is 22.9 Å². The van der Waals surface area contributed by atoms with Gasteiger partial charge in [-0.25, -0.2) is 4.39 Å². The van der Waals surface area contributed by atoms with Gasteiger partial charge in [0, 0.05) is 10.0 Å². The Bertz CT molecular complexity index is 289. The van der Waals surface area contributed by atoms with Crippen molar-refractivity contribution >= 4 is 15.9 Å². The van der Waals surface area contributed by atoms with Crippen LogP contribution in [0.4, 0.5) is 4.39 Å². The molecular weight excluding hydrogens is 237 g/mol. The average molecular weight is 248 g/mol. The van der Waals surface area contributed by atoms with Crippen LogP contribution >= 0.6 is 15.9 Å². The third kappa shape index (κ3) is 2.49. The lowest BCUT2D eigenvalue weighted by atomic mass is 10.1. The molecule has 0 bridgehead atoms. The normalized spacial score (nSPS) is 12.9. The summed E-state index contributed by atoms with van der Waals surface area (Å²) in [6, 6.07) is 4.31. The summed E-state index contributed by atoms with van der Waals surface area (Å²) < 4.78 is 14.0. The smallest absolute Gasteiger partial charge is 0.128 e. The molecule has 4 heteroatoms. The molecule has 0 saturated carbocycles. The second kappa shape index (κ2) is 4.69. The molecule has 0 spiro atoms. The SMILES string of the molecule is CC[C@H](NO)c1cc(Br)ccc1F. The lowest BCUT2D eigenvalue weighted by Gasteiger charge is -2.13. The number of rotatable bonds is 3. The van der Waals surface area contributed by atoms with Crippen molar-refractivity contribution in [2.45, 2.75) is 19.4 Å². The summed E-state index contributed by atoms with van der Waals surface area (Å²) >= 11 is 3.25. The molecule has 0 amide bonds. The minimum atomic E-state index is -0.350. The number of hydroxylamine groups is 1. The van der Waals surface area contributed by atoms with Gasteiger partial charge in [0.2, 0.25) is 0 Å². The molecule has 0 aromatic heterocycles. The van der Waals surface area contributed by atoms with E-state index in [-0.39, 0.29) is 11.9 Å². The predicted molar refractivity (Wildman–Crippen MR) is 52.1 cm³/mol. The van der Waals surface area contributed by atoms with E-state index in [0.717, 1.165) is 4.47 Å². The van der Waals surface area contributed by atoms with E-state index in [1.807, 2.05) is 6.92 Å². The zero-order chi connectivity index (χ0) is 9.84. The maximum Gasteiger partial charge on any atom is 0.128 e. The summed E-state index contributed by atoms with van der Waals surface area (Å²) in [5.74, 6) is -0.309. The summed E-state index contributed by atoms with van der Waals surface area (Å²) in [6.07, 6.45) is 0.629. The predicted octanol–water partition coefficient (Wildman–Crippen LogP) is 3.02. The van der Waals surface area contributed by atoms with Gasteiger partial charge in [-0.05, 0) is 24.6 Å². The summed E-state index contributed by atoms with van der Waals surface area (Å²) in [6.45, 7) is 1.87. The van der Waals surface area contributed by atoms with Crippen molar-refractivity contribution in [1.29, 1.82) is 0 Å². The van der Waals surface area contributed by atoms with Crippen LogP contribution < -0.4 is 5.48 Å². The van der Waals surface area contributed by atoms with Crippen molar-refractivity contribution in [3.05, 3.63) is 34.1 Å². The quantitative estimate of drug-likeness (QED) is 0.806. The third-order valence-electron chi connectivity index (χ3n) is 1.90. The Kier molecular flexibility index (Phi) is 3.84. The van der Waals surface area contributed by atoms with Crippen molar-refractivity contribution in [2.24, 2.45) is 0 Å². The molecule has 13 heavy (non-hydrogen) atoms. The molecule has 0 unspecified atom stereocenters. The van der Waals surface area contributed by atoms with Crippen molar-refractivity contribution in [3.8, 4) is 0 Å². The minimum Gasteiger partial charge on any atom is -0.316 e. The fourth-order valence-corrected chi connectivity index (χ4v) is 1.54. The van der Waals surface area contributed by atoms with Gasteiger partial charge in [-0.3, -0.25) is 0 Å². The highest BCUT2D eigenvalue weighted by Crippen LogP contribution is 2.23. The van der Waals surface area contributed by atoms with Gasteiger partial charge in [-0.15, -0.1) is 0 Å². The topological polar surface area (TPSA) is 32.3 Å². The van der Waals surface area contributed by atoms with Crippen molar-refractivity contribution < 1.29 is 9.60 Å². The van der Waals surface area contributed by atoms with E-state index in [1.54, 1.807) is 12.1 Å². The van der Waals surface area contributed by atoms with Gasteiger partial charge < -0.3 is 5.21 Å². The maximum absolute atomic E-state index is 13.2. The number of hydrogen-bond acceptors (Lipinski definition) is 2. The second-order valence-corrected chi connectivity index (χ2v) is 3.67. The van der Waals surface area contributed by atoms with Gasteiger partial charge in [0.25, 0.3) is 0 Å². The first kappa shape index (κ1) is 10.6. The Hall–Kier alpha value is -0.450. The van der Waals surface area contributed by atoms with Crippen molar-refractivity contribution in [1.82, 2.24) is 5.48 Å². The molecule has 0 radical (unpaired) electrons. The molecule has 0 aliphatic carbocycles. The van der Waals surface area contributed by atoms with E-state index in [9.17, 15) is 4.39 Å². The highest BCUT2D eigenvalue weighted by atomic mass is 79.9. The summed E-state index contributed by atoms with van der Waals surface area (Å²) in [4.78, 5) is 0. The summed E-state index contributed by atoms with van der Waals surface area (Å²) in [5, 5.41) is 8.76. The molecule has 1 atom stereocenters. The monoisotopic (exact) mass is 247 g/mol. The lowest BCUT2D eigenvalue weighted by Crippen LogP contribution is -2.17. The minimum absolute atomic E-state index is 0.309. The van der Waals surface area contributed by atoms with Crippen LogP contribution in [-0.4, -0.2) is 5.21 Å². The largest absolute Gasteiger partial charge is 0.316 e. The Labute approximate surface area is 84.9 Å². The zero-order valence-electron chi connectivity index (χ0n) is 7.22. The molecule has 2 nitrogen and oxygen atoms in total. The number of hydrogen-bond donors (Lipinski definition) is 2. The molecule has 0 aliphatic heterocycles. The zero-order valence-corrected chi connectivity index (χ0v) is 8.81. The first-order chi connectivity index (χ1) is 6.19. The molecular formula is C9H11BrFNO. The highest BCUT2D eigenvalue weighted by molar-refractivity contribution is 9.10. The maximum atomic E-state index is 13.2. The highest BCUT2D eigenvalue weighted by Gasteiger charge is 2.12. The van der Waals surface area contributed by atoms with Gasteiger partial charge in [0.15, 0.2) is 0 Å². The molecule has 0 saturated heterocycles. The Morgan fingerprint density at radius 1 is 1.62 bits per heavy atom. The standard InChI is InChI=1S/C9H11BrFNO/c1-2-9(12-13)7-5-6(10)3-4-8(7)11/h3-5,9,12-13H,2H2,1H3/t9-/m0/s1. The first-order valence-electron chi connectivity index (χ1n) is 4.03. The van der Waals surface area contributed by atoms with Crippen LogP contribution in [0.15, 0.2) is 22.7 Å². The van der Waals surface area contributed by atoms with E-state index in [0.29, 0.717) is 12.0 Å². The summed E-state index contributed by atoms with van der Waals surface area (Å²) in [5.41, 5.74) is 2.55. The van der Waals surface area contributed by atoms with E-state index in [4.69, 9.17) is 5.21 Å². The van der Waals surface area contributed by atoms with Gasteiger partial charge >= 0.3 is 0 Å². The molecule has 0 fully saturated rings. The molecule has 1 aromatic rings. The summed E-state index contributed by atoms with van der Waals surface area (Å²) in [7, 11) is 0. The lowest BCUT2D eigenvalue weighted by molar-refractivity contribution is 0.122. The van der Waals surface area contributed by atoms with E-state index < -0.39 is 0 Å². The van der Waals surface area contributed by atoms with Crippen LogP contribution in [0.1, 0.15) is 24.9 Å². The molecule has 72 valence electrons. The van der Waals surface area contributed by atoms with Crippen LogP contribution in [0.25, 0.3) is 0 Å². The fourth-order valence-electron chi connectivity index (χ4n) is 1.16. The van der Waals surface area contributed by atoms with E-state index >= 15 is 0 Å². The van der Waals surface area contributed by atoms with Crippen LogP contribution in [0.2, 0.25) is 0 Å². The Morgan fingerprint density at radius 2 is 2.31 bits per heavy atom. The molecule has 0 heterocycles. The second-order valence-electron chi connectivity index (χ2n) is 2.76. The fraction of sp³-hybridized carbons (Fsp3) is 0.333. The van der Waals surface area contributed by atoms with Crippen LogP contribution in [-0.2, 0) is 0 Å². The molecule has 1 rings (SSSR count). The molecule has 0 aliphatic rings. The van der Waals surface area contributed by atoms with Gasteiger partial charge in [0.05, 0.1) is 6.04 Å². The number of nitrogens with one attached hydrogen (secondary N) is 1. The Morgan fingerprint density at radius 3 is 2.85 bits per heavy atom. The third-order valence-corrected chi connectivity index (χ3v) is 2.39. The van der Waals surface area contributed by atoms with Crippen LogP contribution in [0, 0.1) is 5.82 Å². The number of benzene rings is 1. The molecule has 1 aromatic carbocycles. The van der Waals surface area contributed by atoms with Crippen molar-refractivity contribution in [2.75, 3.05) is 0 Å². The van der Waals surface area contributed by atoms with Crippen LogP contribution in [0.5, 0.6) is 0 Å². The number of halogens is 2. The van der Waals surface area contributed by atoms with Crippen LogP contribution in [0.3, 0.4) is 0 Å². The van der Waals surface area contributed by atoms with Crippen molar-refractivity contribution in [3.63, 3.8) is 0 Å². The van der Waals surface area contributed by atoms with Gasteiger partial charge in [-0.2, -0.15) is 5.48 Å².